The number of rotatable bonds is 2. The molecule has 0 aliphatic heterocycles. The summed E-state index contributed by atoms with van der Waals surface area (Å²) in [5, 5.41) is 3.82. The molecule has 5 nitrogen and oxygen atoms in total. The second-order valence-corrected chi connectivity index (χ2v) is 3.41. The van der Waals surface area contributed by atoms with E-state index in [9.17, 15) is 0 Å². The van der Waals surface area contributed by atoms with Gasteiger partial charge in [-0.15, -0.1) is 0 Å². The van der Waals surface area contributed by atoms with Crippen molar-refractivity contribution >= 4 is 0 Å². The lowest BCUT2D eigenvalue weighted by molar-refractivity contribution is 0.362. The molecule has 2 aromatic heterocycles. The fourth-order valence-corrected chi connectivity index (χ4v) is 1.19. The second-order valence-electron chi connectivity index (χ2n) is 3.41. The van der Waals surface area contributed by atoms with Gasteiger partial charge in [0, 0.05) is 5.69 Å². The van der Waals surface area contributed by atoms with Crippen LogP contribution in [0.1, 0.15) is 24.6 Å². The van der Waals surface area contributed by atoms with Crippen molar-refractivity contribution in [3.8, 4) is 11.5 Å². The lowest BCUT2D eigenvalue weighted by atomic mass is 10.3. The molecule has 0 aliphatic carbocycles. The highest BCUT2D eigenvalue weighted by Crippen LogP contribution is 2.15. The molecule has 15 heavy (non-hydrogen) atoms. The summed E-state index contributed by atoms with van der Waals surface area (Å²) in [4.78, 5) is 8.45. The zero-order valence-corrected chi connectivity index (χ0v) is 8.64. The predicted molar refractivity (Wildman–Crippen MR) is 54.9 cm³/mol. The molecule has 0 saturated carbocycles. The molecule has 1 unspecified atom stereocenters. The van der Waals surface area contributed by atoms with E-state index in [-0.39, 0.29) is 6.04 Å². The topological polar surface area (TPSA) is 77.8 Å². The lowest BCUT2D eigenvalue weighted by Crippen LogP contribution is -2.04. The summed E-state index contributed by atoms with van der Waals surface area (Å²) in [7, 11) is 0. The quantitative estimate of drug-likeness (QED) is 0.801. The highest BCUT2D eigenvalue weighted by atomic mass is 16.5. The molecule has 78 valence electrons. The van der Waals surface area contributed by atoms with Gasteiger partial charge in [-0.2, -0.15) is 4.98 Å². The zero-order chi connectivity index (χ0) is 10.8. The standard InChI is InChI=1S/C10H12N4O/c1-6-4-3-5-8(12-6)9-13-10(7(2)11)15-14-9/h3-5,7H,11H2,1-2H3. The Balaban J connectivity index is 2.37. The molecule has 1 atom stereocenters. The summed E-state index contributed by atoms with van der Waals surface area (Å²) in [5.41, 5.74) is 7.23. The molecule has 0 spiro atoms. The summed E-state index contributed by atoms with van der Waals surface area (Å²) in [6.45, 7) is 3.71. The first-order valence-electron chi connectivity index (χ1n) is 4.70. The van der Waals surface area contributed by atoms with Crippen molar-refractivity contribution in [1.29, 1.82) is 0 Å². The molecule has 0 aliphatic rings. The first-order valence-corrected chi connectivity index (χ1v) is 4.70. The number of nitrogens with zero attached hydrogens (tertiary/aromatic N) is 3. The third-order valence-electron chi connectivity index (χ3n) is 1.95. The fraction of sp³-hybridized carbons (Fsp3) is 0.300. The number of nitrogens with two attached hydrogens (primary N) is 1. The largest absolute Gasteiger partial charge is 0.337 e. The van der Waals surface area contributed by atoms with Gasteiger partial charge in [0.15, 0.2) is 0 Å². The van der Waals surface area contributed by atoms with Crippen LogP contribution in [0.3, 0.4) is 0 Å². The molecule has 2 heterocycles. The monoisotopic (exact) mass is 204 g/mol. The van der Waals surface area contributed by atoms with E-state index < -0.39 is 0 Å². The van der Waals surface area contributed by atoms with Crippen LogP contribution in [0.5, 0.6) is 0 Å². The van der Waals surface area contributed by atoms with Crippen LogP contribution in [0.25, 0.3) is 11.5 Å². The second kappa shape index (κ2) is 3.78. The summed E-state index contributed by atoms with van der Waals surface area (Å²) >= 11 is 0. The van der Waals surface area contributed by atoms with Crippen LogP contribution in [-0.4, -0.2) is 15.1 Å². The van der Waals surface area contributed by atoms with E-state index in [1.165, 1.54) is 0 Å². The minimum atomic E-state index is -0.254. The Bertz CT molecular complexity index is 464. The Kier molecular flexibility index (Phi) is 2.47. The van der Waals surface area contributed by atoms with Crippen molar-refractivity contribution in [2.75, 3.05) is 0 Å². The molecule has 2 rings (SSSR count). The van der Waals surface area contributed by atoms with Crippen LogP contribution in [0.4, 0.5) is 0 Å². The summed E-state index contributed by atoms with van der Waals surface area (Å²) in [6, 6.07) is 5.40. The molecule has 0 radical (unpaired) electrons. The van der Waals surface area contributed by atoms with E-state index in [0.29, 0.717) is 17.4 Å². The Morgan fingerprint density at radius 2 is 2.13 bits per heavy atom. The van der Waals surface area contributed by atoms with E-state index >= 15 is 0 Å². The minimum absolute atomic E-state index is 0.254. The highest BCUT2D eigenvalue weighted by molar-refractivity contribution is 5.48. The SMILES string of the molecule is Cc1cccc(-c2noc(C(C)N)n2)n1. The van der Waals surface area contributed by atoms with Crippen molar-refractivity contribution in [2.24, 2.45) is 5.73 Å². The predicted octanol–water partition coefficient (Wildman–Crippen LogP) is 1.46. The molecule has 0 fully saturated rings. The van der Waals surface area contributed by atoms with Crippen molar-refractivity contribution < 1.29 is 4.52 Å². The lowest BCUT2D eigenvalue weighted by Gasteiger charge is -1.95. The molecule has 0 amide bonds. The van der Waals surface area contributed by atoms with Crippen molar-refractivity contribution in [3.63, 3.8) is 0 Å². The van der Waals surface area contributed by atoms with Crippen LogP contribution in [-0.2, 0) is 0 Å². The molecule has 0 aromatic carbocycles. The van der Waals surface area contributed by atoms with Gasteiger partial charge in [-0.05, 0) is 26.0 Å². The summed E-state index contributed by atoms with van der Waals surface area (Å²) in [6.07, 6.45) is 0. The Morgan fingerprint density at radius 3 is 2.73 bits per heavy atom. The zero-order valence-electron chi connectivity index (χ0n) is 8.64. The van der Waals surface area contributed by atoms with E-state index in [0.717, 1.165) is 5.69 Å². The van der Waals surface area contributed by atoms with Gasteiger partial charge in [0.2, 0.25) is 11.7 Å². The number of pyridine rings is 1. The van der Waals surface area contributed by atoms with E-state index in [4.69, 9.17) is 10.3 Å². The van der Waals surface area contributed by atoms with Gasteiger partial charge in [-0.3, -0.25) is 0 Å². The number of hydrogen-bond acceptors (Lipinski definition) is 5. The molecule has 2 N–H and O–H groups in total. The van der Waals surface area contributed by atoms with Crippen LogP contribution in [0.2, 0.25) is 0 Å². The number of hydrogen-bond donors (Lipinski definition) is 1. The van der Waals surface area contributed by atoms with Gasteiger partial charge in [0.05, 0.1) is 6.04 Å². The van der Waals surface area contributed by atoms with E-state index in [1.54, 1.807) is 6.92 Å². The molecule has 0 saturated heterocycles. The number of aromatic nitrogens is 3. The highest BCUT2D eigenvalue weighted by Gasteiger charge is 2.12. The van der Waals surface area contributed by atoms with E-state index in [2.05, 4.69) is 15.1 Å². The van der Waals surface area contributed by atoms with Crippen LogP contribution in [0.15, 0.2) is 22.7 Å². The summed E-state index contributed by atoms with van der Waals surface area (Å²) in [5.74, 6) is 0.902. The van der Waals surface area contributed by atoms with Gasteiger partial charge in [0.25, 0.3) is 0 Å². The fourth-order valence-electron chi connectivity index (χ4n) is 1.19. The average Bonchev–Trinajstić information content (AvgIpc) is 2.66. The van der Waals surface area contributed by atoms with Gasteiger partial charge in [0.1, 0.15) is 5.69 Å². The first kappa shape index (κ1) is 9.79. The first-order chi connectivity index (χ1) is 7.16. The van der Waals surface area contributed by atoms with Gasteiger partial charge in [-0.25, -0.2) is 4.98 Å². The van der Waals surface area contributed by atoms with Gasteiger partial charge >= 0.3 is 0 Å². The normalized spacial score (nSPS) is 12.7. The molecule has 2 aromatic rings. The third kappa shape index (κ3) is 2.02. The van der Waals surface area contributed by atoms with Crippen LogP contribution >= 0.6 is 0 Å². The van der Waals surface area contributed by atoms with Crippen molar-refractivity contribution in [2.45, 2.75) is 19.9 Å². The Morgan fingerprint density at radius 1 is 1.33 bits per heavy atom. The van der Waals surface area contributed by atoms with Crippen LogP contribution < -0.4 is 5.73 Å². The smallest absolute Gasteiger partial charge is 0.243 e. The molecule has 0 bridgehead atoms. The Hall–Kier alpha value is -1.75. The third-order valence-corrected chi connectivity index (χ3v) is 1.95. The van der Waals surface area contributed by atoms with E-state index in [1.807, 2.05) is 25.1 Å². The molecule has 5 heteroatoms. The summed E-state index contributed by atoms with van der Waals surface area (Å²) < 4.78 is 4.99. The minimum Gasteiger partial charge on any atom is -0.337 e. The van der Waals surface area contributed by atoms with Gasteiger partial charge in [-0.1, -0.05) is 11.2 Å². The van der Waals surface area contributed by atoms with Crippen molar-refractivity contribution in [1.82, 2.24) is 15.1 Å². The maximum Gasteiger partial charge on any atom is 0.243 e. The molecular weight excluding hydrogens is 192 g/mol. The van der Waals surface area contributed by atoms with Crippen LogP contribution in [0, 0.1) is 6.92 Å². The van der Waals surface area contributed by atoms with Gasteiger partial charge < -0.3 is 10.3 Å². The average molecular weight is 204 g/mol. The maximum absolute atomic E-state index is 5.62. The van der Waals surface area contributed by atoms with Crippen molar-refractivity contribution in [3.05, 3.63) is 29.8 Å². The Labute approximate surface area is 87.3 Å². The molecular formula is C10H12N4O. The maximum atomic E-state index is 5.62. The number of aryl methyl sites for hydroxylation is 1.